The van der Waals surface area contributed by atoms with E-state index in [0.29, 0.717) is 0 Å². The van der Waals surface area contributed by atoms with E-state index in [4.69, 9.17) is 9.47 Å². The van der Waals surface area contributed by atoms with Crippen molar-refractivity contribution in [3.8, 4) is 23.0 Å². The highest BCUT2D eigenvalue weighted by atomic mass is 16.5. The van der Waals surface area contributed by atoms with Crippen LogP contribution in [0.4, 0.5) is 0 Å². The Labute approximate surface area is 209 Å². The Morgan fingerprint density at radius 1 is 0.444 bits per heavy atom. The van der Waals surface area contributed by atoms with Gasteiger partial charge in [-0.2, -0.15) is 0 Å². The molecule has 2 N–H and O–H groups in total. The third kappa shape index (κ3) is 3.23. The minimum atomic E-state index is -0.718. The van der Waals surface area contributed by atoms with Gasteiger partial charge in [-0.15, -0.1) is 0 Å². The van der Waals surface area contributed by atoms with E-state index in [1.165, 1.54) is 0 Å². The molecule has 1 fully saturated rings. The molecule has 7 rings (SSSR count). The average molecular weight is 473 g/mol. The summed E-state index contributed by atoms with van der Waals surface area (Å²) in [7, 11) is 0. The lowest BCUT2D eigenvalue weighted by Gasteiger charge is -2.45. The first-order valence-electron chi connectivity index (χ1n) is 12.2. The Balaban J connectivity index is 1.27. The summed E-state index contributed by atoms with van der Waals surface area (Å²) in [5.74, 6) is 2.32. The fraction of sp³-hybridized carbons (Fsp3) is 0.125. The van der Waals surface area contributed by atoms with E-state index in [9.17, 15) is 10.2 Å². The zero-order valence-electron chi connectivity index (χ0n) is 19.4. The number of fused-ring (bicyclic) bond motifs is 4. The predicted octanol–water partition coefficient (Wildman–Crippen LogP) is 6.43. The van der Waals surface area contributed by atoms with Gasteiger partial charge in [0.2, 0.25) is 0 Å². The fourth-order valence-corrected chi connectivity index (χ4v) is 5.55. The molecule has 2 aliphatic heterocycles. The SMILES string of the molecule is OC1C(C=C2c3ccccc3Oc3ccccc32)C(O)C1C=C1c2ccccc2Oc2ccccc21. The lowest BCUT2D eigenvalue weighted by molar-refractivity contribution is -0.109. The molecule has 1 aliphatic carbocycles. The Bertz CT molecular complexity index is 1330. The molecule has 4 heteroatoms. The first kappa shape index (κ1) is 21.2. The minimum Gasteiger partial charge on any atom is -0.456 e. The number of hydrogen-bond acceptors (Lipinski definition) is 4. The number of aliphatic hydroxyl groups is 2. The minimum absolute atomic E-state index is 0.397. The number of benzene rings is 4. The third-order valence-electron chi connectivity index (χ3n) is 7.44. The van der Waals surface area contributed by atoms with Crippen LogP contribution in [0.3, 0.4) is 0 Å². The number of hydrogen-bond donors (Lipinski definition) is 2. The maximum atomic E-state index is 11.3. The zero-order valence-corrected chi connectivity index (χ0v) is 19.4. The van der Waals surface area contributed by atoms with Crippen LogP contribution < -0.4 is 9.47 Å². The van der Waals surface area contributed by atoms with Crippen molar-refractivity contribution in [3.05, 3.63) is 131 Å². The molecule has 3 aliphatic rings. The molecule has 0 atom stereocenters. The van der Waals surface area contributed by atoms with E-state index >= 15 is 0 Å². The molecule has 0 radical (unpaired) electrons. The summed E-state index contributed by atoms with van der Waals surface area (Å²) < 4.78 is 12.2. The van der Waals surface area contributed by atoms with Gasteiger partial charge < -0.3 is 19.7 Å². The van der Waals surface area contributed by atoms with Crippen molar-refractivity contribution in [1.29, 1.82) is 0 Å². The van der Waals surface area contributed by atoms with Crippen molar-refractivity contribution in [2.75, 3.05) is 0 Å². The van der Waals surface area contributed by atoms with E-state index in [2.05, 4.69) is 0 Å². The van der Waals surface area contributed by atoms with Gasteiger partial charge in [0.05, 0.1) is 12.2 Å². The lowest BCUT2D eigenvalue weighted by atomic mass is 9.66. The second kappa shape index (κ2) is 8.23. The molecular weight excluding hydrogens is 448 g/mol. The predicted molar refractivity (Wildman–Crippen MR) is 139 cm³/mol. The molecule has 0 unspecified atom stereocenters. The smallest absolute Gasteiger partial charge is 0.135 e. The van der Waals surface area contributed by atoms with E-state index < -0.39 is 24.0 Å². The van der Waals surface area contributed by atoms with Crippen molar-refractivity contribution >= 4 is 11.1 Å². The summed E-state index contributed by atoms with van der Waals surface area (Å²) in [5.41, 5.74) is 5.80. The summed E-state index contributed by atoms with van der Waals surface area (Å²) >= 11 is 0. The maximum Gasteiger partial charge on any atom is 0.135 e. The molecule has 0 spiro atoms. The van der Waals surface area contributed by atoms with Gasteiger partial charge in [-0.3, -0.25) is 0 Å². The van der Waals surface area contributed by atoms with Gasteiger partial charge in [0.1, 0.15) is 23.0 Å². The van der Waals surface area contributed by atoms with Crippen LogP contribution in [-0.4, -0.2) is 22.4 Å². The summed E-state index contributed by atoms with van der Waals surface area (Å²) in [4.78, 5) is 0. The largest absolute Gasteiger partial charge is 0.456 e. The molecule has 4 aromatic rings. The van der Waals surface area contributed by atoms with E-state index in [1.807, 2.05) is 109 Å². The summed E-state index contributed by atoms with van der Waals surface area (Å²) in [6, 6.07) is 31.5. The van der Waals surface area contributed by atoms with E-state index in [1.54, 1.807) is 0 Å². The second-order valence-electron chi connectivity index (χ2n) is 9.49. The van der Waals surface area contributed by atoms with Gasteiger partial charge in [-0.05, 0) is 35.4 Å². The fourth-order valence-electron chi connectivity index (χ4n) is 5.55. The molecule has 0 saturated heterocycles. The van der Waals surface area contributed by atoms with Gasteiger partial charge >= 0.3 is 0 Å². The quantitative estimate of drug-likeness (QED) is 0.305. The summed E-state index contributed by atoms with van der Waals surface area (Å²) in [5, 5.41) is 22.6. The highest BCUT2D eigenvalue weighted by Gasteiger charge is 2.47. The number of rotatable bonds is 2. The van der Waals surface area contributed by atoms with Gasteiger partial charge in [0.15, 0.2) is 0 Å². The maximum absolute atomic E-state index is 11.3. The molecule has 0 aromatic heterocycles. The van der Waals surface area contributed by atoms with Crippen molar-refractivity contribution < 1.29 is 19.7 Å². The van der Waals surface area contributed by atoms with Gasteiger partial charge in [-0.25, -0.2) is 0 Å². The first-order chi connectivity index (χ1) is 17.7. The Morgan fingerprint density at radius 3 is 1.03 bits per heavy atom. The van der Waals surface area contributed by atoms with Gasteiger partial charge in [0, 0.05) is 34.1 Å². The van der Waals surface area contributed by atoms with Gasteiger partial charge in [-0.1, -0.05) is 84.9 Å². The van der Waals surface area contributed by atoms with Crippen LogP contribution in [-0.2, 0) is 0 Å². The molecule has 0 bridgehead atoms. The lowest BCUT2D eigenvalue weighted by Crippen LogP contribution is -2.53. The van der Waals surface area contributed by atoms with Crippen LogP contribution in [0, 0.1) is 11.8 Å². The van der Waals surface area contributed by atoms with Crippen LogP contribution in [0.2, 0.25) is 0 Å². The van der Waals surface area contributed by atoms with Crippen molar-refractivity contribution in [1.82, 2.24) is 0 Å². The normalized spacial score (nSPS) is 23.1. The summed E-state index contributed by atoms with van der Waals surface area (Å²) in [6.07, 6.45) is 2.58. The molecule has 2 heterocycles. The Hall–Kier alpha value is -4.12. The first-order valence-corrected chi connectivity index (χ1v) is 12.2. The van der Waals surface area contributed by atoms with Gasteiger partial charge in [0.25, 0.3) is 0 Å². The van der Waals surface area contributed by atoms with Crippen LogP contribution >= 0.6 is 0 Å². The summed E-state index contributed by atoms with van der Waals surface area (Å²) in [6.45, 7) is 0. The van der Waals surface area contributed by atoms with Crippen molar-refractivity contribution in [2.24, 2.45) is 11.8 Å². The topological polar surface area (TPSA) is 58.9 Å². The van der Waals surface area contributed by atoms with Crippen molar-refractivity contribution in [3.63, 3.8) is 0 Å². The number of para-hydroxylation sites is 4. The molecule has 4 nitrogen and oxygen atoms in total. The molecule has 36 heavy (non-hydrogen) atoms. The standard InChI is InChI=1S/C32H24O4/c33-31-25(17-23-19-9-1-5-13-27(19)35-28-14-6-2-10-20(23)28)32(34)26(31)18-24-21-11-3-7-15-29(21)36-30-16-8-4-12-22(24)30/h1-18,25-26,31-34H. The zero-order chi connectivity index (χ0) is 24.2. The van der Waals surface area contributed by atoms with Crippen LogP contribution in [0.1, 0.15) is 22.3 Å². The molecule has 4 aromatic carbocycles. The van der Waals surface area contributed by atoms with Crippen LogP contribution in [0.5, 0.6) is 23.0 Å². The van der Waals surface area contributed by atoms with Crippen LogP contribution in [0.25, 0.3) is 11.1 Å². The number of ether oxygens (including phenoxy) is 2. The van der Waals surface area contributed by atoms with E-state index in [-0.39, 0.29) is 0 Å². The van der Waals surface area contributed by atoms with Crippen molar-refractivity contribution in [2.45, 2.75) is 12.2 Å². The second-order valence-corrected chi connectivity index (χ2v) is 9.49. The average Bonchev–Trinajstić information content (AvgIpc) is 2.93. The monoisotopic (exact) mass is 472 g/mol. The highest BCUT2D eigenvalue weighted by Crippen LogP contribution is 2.49. The highest BCUT2D eigenvalue weighted by molar-refractivity contribution is 5.89. The Kier molecular flexibility index (Phi) is 4.84. The van der Waals surface area contributed by atoms with E-state index in [0.717, 1.165) is 56.4 Å². The third-order valence-corrected chi connectivity index (χ3v) is 7.44. The molecule has 1 saturated carbocycles. The molecule has 176 valence electrons. The molecule has 0 amide bonds. The molecular formula is C32H24O4. The number of aliphatic hydroxyl groups excluding tert-OH is 2. The van der Waals surface area contributed by atoms with Crippen LogP contribution in [0.15, 0.2) is 109 Å². The Morgan fingerprint density at radius 2 is 0.722 bits per heavy atom.